The summed E-state index contributed by atoms with van der Waals surface area (Å²) in [6.45, 7) is 3.88. The molecule has 2 fully saturated rings. The zero-order valence-corrected chi connectivity index (χ0v) is 16.1. The Kier molecular flexibility index (Phi) is 5.10. The van der Waals surface area contributed by atoms with Crippen LogP contribution in [0.15, 0.2) is 30.5 Å². The quantitative estimate of drug-likeness (QED) is 0.837. The predicted octanol–water partition coefficient (Wildman–Crippen LogP) is 2.93. The number of fused-ring (bicyclic) bond motifs is 1. The molecule has 6 nitrogen and oxygen atoms in total. The van der Waals surface area contributed by atoms with E-state index in [0.717, 1.165) is 43.7 Å². The monoisotopic (exact) mass is 388 g/mol. The number of aliphatic hydroxyl groups excluding tert-OH is 1. The van der Waals surface area contributed by atoms with E-state index in [-0.39, 0.29) is 6.10 Å². The van der Waals surface area contributed by atoms with Gasteiger partial charge in [0.25, 0.3) is 0 Å². The highest BCUT2D eigenvalue weighted by Crippen LogP contribution is 2.40. The third kappa shape index (κ3) is 3.82. The van der Waals surface area contributed by atoms with Gasteiger partial charge in [0.2, 0.25) is 5.95 Å². The standard InChI is InChI=1S/C20H25ClN4O2/c1-2-12-9-23-20(22)24-19(12)25-10-13-6-17(26)18(7-14(13)11-25)27-16-5-3-4-15(21)8-16/h3-5,8-9,13-14,17-18,26H,2,6-7,10-11H2,1H3,(H2,22,23,24)/t13-,14+,17+,18+/m0/s1. The second kappa shape index (κ2) is 7.52. The van der Waals surface area contributed by atoms with Crippen molar-refractivity contribution in [3.63, 3.8) is 0 Å². The van der Waals surface area contributed by atoms with Crippen molar-refractivity contribution in [3.05, 3.63) is 41.0 Å². The Bertz CT molecular complexity index is 818. The number of hydrogen-bond acceptors (Lipinski definition) is 6. The molecule has 0 unspecified atom stereocenters. The molecule has 2 aliphatic rings. The molecule has 0 radical (unpaired) electrons. The van der Waals surface area contributed by atoms with E-state index >= 15 is 0 Å². The van der Waals surface area contributed by atoms with Crippen molar-refractivity contribution in [1.29, 1.82) is 0 Å². The zero-order chi connectivity index (χ0) is 19.0. The van der Waals surface area contributed by atoms with Gasteiger partial charge in [-0.1, -0.05) is 24.6 Å². The SMILES string of the molecule is CCc1cnc(N)nc1N1C[C@H]2C[C@@H](Oc3cccc(Cl)c3)[C@H](O)C[C@H]2C1. The average Bonchev–Trinajstić information content (AvgIpc) is 3.04. The maximum absolute atomic E-state index is 10.6. The van der Waals surface area contributed by atoms with Crippen LogP contribution >= 0.6 is 11.6 Å². The number of halogens is 1. The predicted molar refractivity (Wildman–Crippen MR) is 106 cm³/mol. The maximum Gasteiger partial charge on any atom is 0.221 e. The highest BCUT2D eigenvalue weighted by atomic mass is 35.5. The third-order valence-corrected chi connectivity index (χ3v) is 5.94. The van der Waals surface area contributed by atoms with Crippen molar-refractivity contribution >= 4 is 23.4 Å². The largest absolute Gasteiger partial charge is 0.488 e. The van der Waals surface area contributed by atoms with Crippen molar-refractivity contribution in [2.24, 2.45) is 11.8 Å². The van der Waals surface area contributed by atoms with E-state index in [2.05, 4.69) is 21.8 Å². The number of benzene rings is 1. The average molecular weight is 389 g/mol. The molecule has 1 aliphatic carbocycles. The number of aryl methyl sites for hydroxylation is 1. The van der Waals surface area contributed by atoms with Crippen LogP contribution in [0, 0.1) is 11.8 Å². The van der Waals surface area contributed by atoms with Gasteiger partial charge in [-0.3, -0.25) is 0 Å². The normalized spacial score (nSPS) is 27.4. The first-order valence-electron chi connectivity index (χ1n) is 9.50. The van der Waals surface area contributed by atoms with Gasteiger partial charge in [0.15, 0.2) is 0 Å². The van der Waals surface area contributed by atoms with Gasteiger partial charge in [-0.15, -0.1) is 0 Å². The summed E-state index contributed by atoms with van der Waals surface area (Å²) in [5.74, 6) is 2.83. The minimum absolute atomic E-state index is 0.217. The van der Waals surface area contributed by atoms with Crippen molar-refractivity contribution in [1.82, 2.24) is 9.97 Å². The highest BCUT2D eigenvalue weighted by molar-refractivity contribution is 6.30. The number of anilines is 2. The molecule has 1 aliphatic heterocycles. The highest BCUT2D eigenvalue weighted by Gasteiger charge is 2.43. The van der Waals surface area contributed by atoms with E-state index in [1.54, 1.807) is 6.07 Å². The summed E-state index contributed by atoms with van der Waals surface area (Å²) < 4.78 is 6.06. The summed E-state index contributed by atoms with van der Waals surface area (Å²) in [4.78, 5) is 10.9. The van der Waals surface area contributed by atoms with Crippen molar-refractivity contribution in [2.75, 3.05) is 23.7 Å². The fourth-order valence-corrected chi connectivity index (χ4v) is 4.52. The summed E-state index contributed by atoms with van der Waals surface area (Å²) in [6.07, 6.45) is 3.53. The zero-order valence-electron chi connectivity index (χ0n) is 15.4. The van der Waals surface area contributed by atoms with Crippen LogP contribution in [-0.2, 0) is 6.42 Å². The molecule has 1 aromatic heterocycles. The fourth-order valence-electron chi connectivity index (χ4n) is 4.34. The molecule has 7 heteroatoms. The third-order valence-electron chi connectivity index (χ3n) is 5.71. The van der Waals surface area contributed by atoms with E-state index in [9.17, 15) is 5.11 Å². The first kappa shape index (κ1) is 18.3. The Balaban J connectivity index is 1.48. The Morgan fingerprint density at radius 2 is 2.07 bits per heavy atom. The molecule has 1 saturated carbocycles. The van der Waals surface area contributed by atoms with Crippen molar-refractivity contribution in [3.8, 4) is 5.75 Å². The van der Waals surface area contributed by atoms with Crippen LogP contribution in [0.1, 0.15) is 25.3 Å². The molecule has 4 rings (SSSR count). The summed E-state index contributed by atoms with van der Waals surface area (Å²) in [5.41, 5.74) is 6.93. The molecule has 27 heavy (non-hydrogen) atoms. The number of nitrogens with two attached hydrogens (primary N) is 1. The van der Waals surface area contributed by atoms with E-state index in [4.69, 9.17) is 22.1 Å². The molecule has 0 spiro atoms. The molecule has 0 amide bonds. The maximum atomic E-state index is 10.6. The van der Waals surface area contributed by atoms with Gasteiger partial charge in [0, 0.05) is 29.9 Å². The summed E-state index contributed by atoms with van der Waals surface area (Å²) in [7, 11) is 0. The lowest BCUT2D eigenvalue weighted by Gasteiger charge is -2.35. The number of aliphatic hydroxyl groups is 1. The molecule has 1 saturated heterocycles. The molecule has 0 bridgehead atoms. The van der Waals surface area contributed by atoms with Gasteiger partial charge in [-0.25, -0.2) is 4.98 Å². The van der Waals surface area contributed by atoms with Crippen molar-refractivity contribution < 1.29 is 9.84 Å². The smallest absolute Gasteiger partial charge is 0.221 e. The summed E-state index contributed by atoms with van der Waals surface area (Å²) in [5, 5.41) is 11.3. The molecule has 2 aromatic rings. The first-order chi connectivity index (χ1) is 13.0. The second-order valence-corrected chi connectivity index (χ2v) is 7.94. The van der Waals surface area contributed by atoms with Crippen LogP contribution in [-0.4, -0.2) is 40.4 Å². The molecule has 144 valence electrons. The van der Waals surface area contributed by atoms with E-state index in [0.29, 0.717) is 28.6 Å². The Hall–Kier alpha value is -2.05. The topological polar surface area (TPSA) is 84.5 Å². The molecule has 2 heterocycles. The molecule has 3 N–H and O–H groups in total. The van der Waals surface area contributed by atoms with Crippen LogP contribution in [0.5, 0.6) is 5.75 Å². The lowest BCUT2D eigenvalue weighted by Crippen LogP contribution is -2.42. The van der Waals surface area contributed by atoms with E-state index < -0.39 is 6.10 Å². The lowest BCUT2D eigenvalue weighted by atomic mass is 9.78. The summed E-state index contributed by atoms with van der Waals surface area (Å²) >= 11 is 6.04. The molecule has 4 atom stereocenters. The number of nitrogens with zero attached hydrogens (tertiary/aromatic N) is 3. The Morgan fingerprint density at radius 1 is 1.30 bits per heavy atom. The van der Waals surface area contributed by atoms with Crippen LogP contribution in [0.2, 0.25) is 5.02 Å². The van der Waals surface area contributed by atoms with Crippen LogP contribution in [0.3, 0.4) is 0 Å². The minimum atomic E-state index is -0.480. The van der Waals surface area contributed by atoms with E-state index in [1.165, 1.54) is 0 Å². The van der Waals surface area contributed by atoms with Crippen LogP contribution in [0.25, 0.3) is 0 Å². The van der Waals surface area contributed by atoms with Gasteiger partial charge in [-0.05, 0) is 49.3 Å². The molecule has 1 aromatic carbocycles. The number of ether oxygens (including phenoxy) is 1. The summed E-state index contributed by atoms with van der Waals surface area (Å²) in [6, 6.07) is 7.34. The first-order valence-corrected chi connectivity index (χ1v) is 9.88. The van der Waals surface area contributed by atoms with Crippen molar-refractivity contribution in [2.45, 2.75) is 38.4 Å². The second-order valence-electron chi connectivity index (χ2n) is 7.51. The van der Waals surface area contributed by atoms with Gasteiger partial charge in [0.05, 0.1) is 6.10 Å². The van der Waals surface area contributed by atoms with Gasteiger partial charge in [0.1, 0.15) is 17.7 Å². The number of rotatable bonds is 4. The van der Waals surface area contributed by atoms with E-state index in [1.807, 2.05) is 24.4 Å². The number of aromatic nitrogens is 2. The fraction of sp³-hybridized carbons (Fsp3) is 0.500. The molecular formula is C20H25ClN4O2. The number of hydrogen-bond donors (Lipinski definition) is 2. The Labute approximate surface area is 164 Å². The lowest BCUT2D eigenvalue weighted by molar-refractivity contribution is -0.0231. The Morgan fingerprint density at radius 3 is 2.81 bits per heavy atom. The van der Waals surface area contributed by atoms with Crippen LogP contribution < -0.4 is 15.4 Å². The minimum Gasteiger partial charge on any atom is -0.488 e. The van der Waals surface area contributed by atoms with Gasteiger partial charge in [-0.2, -0.15) is 4.98 Å². The van der Waals surface area contributed by atoms with Gasteiger partial charge < -0.3 is 20.5 Å². The van der Waals surface area contributed by atoms with Crippen LogP contribution in [0.4, 0.5) is 11.8 Å². The van der Waals surface area contributed by atoms with Gasteiger partial charge >= 0.3 is 0 Å². The number of nitrogen functional groups attached to an aromatic ring is 1. The molecular weight excluding hydrogens is 364 g/mol.